The summed E-state index contributed by atoms with van der Waals surface area (Å²) in [5.74, 6) is -0.575. The van der Waals surface area contributed by atoms with Crippen molar-refractivity contribution in [3.63, 3.8) is 0 Å². The van der Waals surface area contributed by atoms with E-state index in [0.717, 1.165) is 10.4 Å². The van der Waals surface area contributed by atoms with Crippen LogP contribution < -0.4 is 4.90 Å². The lowest BCUT2D eigenvalue weighted by atomic mass is 10.1. The van der Waals surface area contributed by atoms with Gasteiger partial charge in [0, 0.05) is 42.7 Å². The lowest BCUT2D eigenvalue weighted by Crippen LogP contribution is -2.48. The first-order chi connectivity index (χ1) is 12.5. The Hall–Kier alpha value is -2.47. The third-order valence-electron chi connectivity index (χ3n) is 4.57. The highest BCUT2D eigenvalue weighted by Crippen LogP contribution is 2.23. The summed E-state index contributed by atoms with van der Waals surface area (Å²) in [6.07, 6.45) is 3.46. The summed E-state index contributed by atoms with van der Waals surface area (Å²) in [5.41, 5.74) is 2.01. The second kappa shape index (κ2) is 7.83. The number of halogens is 1. The van der Waals surface area contributed by atoms with Crippen molar-refractivity contribution in [1.82, 2.24) is 4.90 Å². The summed E-state index contributed by atoms with van der Waals surface area (Å²) in [6, 6.07) is 6.59. The van der Waals surface area contributed by atoms with Crippen LogP contribution in [0.4, 0.5) is 10.1 Å². The third kappa shape index (κ3) is 4.02. The van der Waals surface area contributed by atoms with Crippen LogP contribution in [0.2, 0.25) is 0 Å². The highest BCUT2D eigenvalue weighted by molar-refractivity contribution is 7.11. The van der Waals surface area contributed by atoms with Crippen LogP contribution in [0.3, 0.4) is 0 Å². The zero-order valence-electron chi connectivity index (χ0n) is 14.9. The van der Waals surface area contributed by atoms with E-state index in [1.165, 1.54) is 13.0 Å². The molecule has 1 aromatic heterocycles. The molecule has 0 unspecified atom stereocenters. The van der Waals surface area contributed by atoms with Gasteiger partial charge in [-0.3, -0.25) is 9.59 Å². The fraction of sp³-hybridized carbons (Fsp3) is 0.300. The van der Waals surface area contributed by atoms with Gasteiger partial charge in [0.1, 0.15) is 5.82 Å². The smallest absolute Gasteiger partial charge is 0.246 e. The number of carbonyl (C=O) groups excluding carboxylic acids is 2. The Morgan fingerprint density at radius 1 is 1.15 bits per heavy atom. The van der Waals surface area contributed by atoms with Gasteiger partial charge < -0.3 is 9.80 Å². The topological polar surface area (TPSA) is 40.6 Å². The van der Waals surface area contributed by atoms with Crippen LogP contribution in [-0.4, -0.2) is 42.8 Å². The van der Waals surface area contributed by atoms with Crippen molar-refractivity contribution in [3.05, 3.63) is 57.5 Å². The van der Waals surface area contributed by atoms with E-state index in [9.17, 15) is 14.0 Å². The second-order valence-corrected chi connectivity index (χ2v) is 7.28. The minimum Gasteiger partial charge on any atom is -0.366 e. The van der Waals surface area contributed by atoms with Gasteiger partial charge in [-0.15, -0.1) is 11.3 Å². The molecule has 4 nitrogen and oxygen atoms in total. The molecule has 0 bridgehead atoms. The van der Waals surface area contributed by atoms with Crippen molar-refractivity contribution in [3.8, 4) is 0 Å². The van der Waals surface area contributed by atoms with E-state index in [-0.39, 0.29) is 11.7 Å². The highest BCUT2D eigenvalue weighted by Gasteiger charge is 2.22. The van der Waals surface area contributed by atoms with E-state index < -0.39 is 5.82 Å². The number of hydrogen-bond donors (Lipinski definition) is 0. The van der Waals surface area contributed by atoms with Crippen LogP contribution in [0, 0.1) is 12.7 Å². The number of Topliss-reactive ketones (excluding diaryl/α,β-unsaturated/α-hetero) is 1. The van der Waals surface area contributed by atoms with E-state index in [4.69, 9.17) is 0 Å². The predicted octanol–water partition coefficient (Wildman–Crippen LogP) is 3.76. The molecule has 136 valence electrons. The number of carbonyl (C=O) groups is 2. The van der Waals surface area contributed by atoms with Gasteiger partial charge in [-0.25, -0.2) is 4.39 Å². The van der Waals surface area contributed by atoms with Gasteiger partial charge in [0.05, 0.1) is 5.69 Å². The molecule has 0 aliphatic carbocycles. The monoisotopic (exact) mass is 372 g/mol. The van der Waals surface area contributed by atoms with Gasteiger partial charge in [-0.05, 0) is 55.1 Å². The van der Waals surface area contributed by atoms with Crippen LogP contribution >= 0.6 is 11.3 Å². The molecule has 0 atom stereocenters. The molecule has 0 N–H and O–H groups in total. The molecule has 26 heavy (non-hydrogen) atoms. The molecule has 2 aromatic rings. The average molecular weight is 372 g/mol. The zero-order valence-corrected chi connectivity index (χ0v) is 15.7. The van der Waals surface area contributed by atoms with Crippen molar-refractivity contribution in [1.29, 1.82) is 0 Å². The van der Waals surface area contributed by atoms with Crippen molar-refractivity contribution >= 4 is 34.8 Å². The Morgan fingerprint density at radius 3 is 2.46 bits per heavy atom. The van der Waals surface area contributed by atoms with Crippen LogP contribution in [-0.2, 0) is 4.79 Å². The number of aryl methyl sites for hydroxylation is 1. The van der Waals surface area contributed by atoms with E-state index >= 15 is 0 Å². The number of amides is 1. The van der Waals surface area contributed by atoms with Gasteiger partial charge in [0.2, 0.25) is 5.91 Å². The first-order valence-electron chi connectivity index (χ1n) is 8.52. The number of nitrogens with zero attached hydrogens (tertiary/aromatic N) is 2. The summed E-state index contributed by atoms with van der Waals surface area (Å²) >= 11 is 1.61. The van der Waals surface area contributed by atoms with Crippen LogP contribution in [0.25, 0.3) is 6.08 Å². The standard InChI is InChI=1S/C20H21FN2O2S/c1-14-7-12-26-19(14)5-6-20(25)23-10-8-22(9-11-23)18-4-3-16(15(2)24)13-17(18)21/h3-7,12-13H,8-11H2,1-2H3/b6-5+. The predicted molar refractivity (Wildman–Crippen MR) is 103 cm³/mol. The van der Waals surface area contributed by atoms with E-state index in [1.54, 1.807) is 34.4 Å². The zero-order chi connectivity index (χ0) is 18.7. The number of thiophene rings is 1. The van der Waals surface area contributed by atoms with Crippen LogP contribution in [0.15, 0.2) is 35.7 Å². The molecule has 3 rings (SSSR count). The molecular formula is C20H21FN2O2S. The van der Waals surface area contributed by atoms with Crippen molar-refractivity contribution in [2.75, 3.05) is 31.1 Å². The first kappa shape index (κ1) is 18.3. The van der Waals surface area contributed by atoms with Gasteiger partial charge >= 0.3 is 0 Å². The molecule has 1 fully saturated rings. The van der Waals surface area contributed by atoms with Gasteiger partial charge in [0.25, 0.3) is 0 Å². The summed E-state index contributed by atoms with van der Waals surface area (Å²) in [6.45, 7) is 5.65. The summed E-state index contributed by atoms with van der Waals surface area (Å²) in [7, 11) is 0. The number of piperazine rings is 1. The number of hydrogen-bond acceptors (Lipinski definition) is 4. The summed E-state index contributed by atoms with van der Waals surface area (Å²) < 4.78 is 14.3. The molecule has 1 amide bonds. The minimum atomic E-state index is -0.398. The normalized spacial score (nSPS) is 14.9. The molecule has 1 saturated heterocycles. The molecule has 0 radical (unpaired) electrons. The highest BCUT2D eigenvalue weighted by atomic mass is 32.1. The van der Waals surface area contributed by atoms with E-state index in [0.29, 0.717) is 37.4 Å². The first-order valence-corrected chi connectivity index (χ1v) is 9.40. The van der Waals surface area contributed by atoms with Crippen LogP contribution in [0.1, 0.15) is 27.7 Å². The number of anilines is 1. The van der Waals surface area contributed by atoms with Crippen molar-refractivity contribution in [2.45, 2.75) is 13.8 Å². The SMILES string of the molecule is CC(=O)c1ccc(N2CCN(C(=O)/C=C/c3sccc3C)CC2)c(F)c1. The van der Waals surface area contributed by atoms with Gasteiger partial charge in [0.15, 0.2) is 5.78 Å². The molecular weight excluding hydrogens is 351 g/mol. The van der Waals surface area contributed by atoms with Crippen molar-refractivity contribution < 1.29 is 14.0 Å². The summed E-state index contributed by atoms with van der Waals surface area (Å²) in [5, 5.41) is 2.00. The maximum absolute atomic E-state index is 14.3. The largest absolute Gasteiger partial charge is 0.366 e. The lowest BCUT2D eigenvalue weighted by molar-refractivity contribution is -0.126. The number of rotatable bonds is 4. The van der Waals surface area contributed by atoms with Crippen LogP contribution in [0.5, 0.6) is 0 Å². The second-order valence-electron chi connectivity index (χ2n) is 6.34. The Bertz CT molecular complexity index is 851. The molecule has 1 aromatic carbocycles. The quantitative estimate of drug-likeness (QED) is 0.606. The molecule has 6 heteroatoms. The van der Waals surface area contributed by atoms with Crippen molar-refractivity contribution in [2.24, 2.45) is 0 Å². The Labute approximate surface area is 156 Å². The molecule has 0 saturated carbocycles. The number of benzene rings is 1. The molecule has 1 aliphatic rings. The van der Waals surface area contributed by atoms with E-state index in [2.05, 4.69) is 0 Å². The minimum absolute atomic E-state index is 0.0233. The maximum Gasteiger partial charge on any atom is 0.246 e. The average Bonchev–Trinajstić information content (AvgIpc) is 3.04. The molecule has 0 spiro atoms. The lowest BCUT2D eigenvalue weighted by Gasteiger charge is -2.35. The Morgan fingerprint density at radius 2 is 1.88 bits per heavy atom. The van der Waals surface area contributed by atoms with Gasteiger partial charge in [-0.1, -0.05) is 0 Å². The number of ketones is 1. The maximum atomic E-state index is 14.3. The fourth-order valence-electron chi connectivity index (χ4n) is 2.96. The fourth-order valence-corrected chi connectivity index (χ4v) is 3.78. The third-order valence-corrected chi connectivity index (χ3v) is 5.55. The van der Waals surface area contributed by atoms with Gasteiger partial charge in [-0.2, -0.15) is 0 Å². The summed E-state index contributed by atoms with van der Waals surface area (Å²) in [4.78, 5) is 28.5. The Balaban J connectivity index is 1.60. The Kier molecular flexibility index (Phi) is 5.52. The molecule has 2 heterocycles. The molecule has 1 aliphatic heterocycles. The van der Waals surface area contributed by atoms with E-state index in [1.807, 2.05) is 29.3 Å².